The second-order valence-corrected chi connectivity index (χ2v) is 6.23. The molecule has 0 unspecified atom stereocenters. The van der Waals surface area contributed by atoms with Gasteiger partial charge in [-0.3, -0.25) is 9.48 Å². The molecule has 2 aromatic heterocycles. The molecule has 1 aromatic carbocycles. The zero-order valence-corrected chi connectivity index (χ0v) is 14.9. The molecule has 0 spiro atoms. The van der Waals surface area contributed by atoms with Crippen LogP contribution in [0.3, 0.4) is 0 Å². The number of hydrogen-bond acceptors (Lipinski definition) is 4. The molecule has 2 heterocycles. The quantitative estimate of drug-likeness (QED) is 0.635. The number of nitrogens with zero attached hydrogens (tertiary/aromatic N) is 4. The van der Waals surface area contributed by atoms with Crippen LogP contribution < -0.4 is 5.32 Å². The van der Waals surface area contributed by atoms with Crippen LogP contribution in [-0.4, -0.2) is 36.5 Å². The number of rotatable bonds is 6. The van der Waals surface area contributed by atoms with Crippen molar-refractivity contribution in [3.63, 3.8) is 0 Å². The monoisotopic (exact) mass is 421 g/mol. The van der Waals surface area contributed by atoms with E-state index in [1.807, 2.05) is 0 Å². The molecule has 0 aliphatic heterocycles. The van der Waals surface area contributed by atoms with Crippen LogP contribution in [0.4, 0.5) is 10.2 Å². The summed E-state index contributed by atoms with van der Waals surface area (Å²) in [4.78, 5) is 23.2. The van der Waals surface area contributed by atoms with Crippen molar-refractivity contribution in [2.24, 2.45) is 0 Å². The molecular formula is C16H13BrFN5O3. The highest BCUT2D eigenvalue weighted by Crippen LogP contribution is 2.21. The van der Waals surface area contributed by atoms with E-state index in [1.54, 1.807) is 23.0 Å². The number of carboxylic acids is 1. The van der Waals surface area contributed by atoms with Gasteiger partial charge in [-0.05, 0) is 39.7 Å². The summed E-state index contributed by atoms with van der Waals surface area (Å²) in [5, 5.41) is 19.7. The van der Waals surface area contributed by atoms with Gasteiger partial charge in [0.05, 0.1) is 11.0 Å². The third-order valence-corrected chi connectivity index (χ3v) is 4.04. The molecule has 0 fully saturated rings. The summed E-state index contributed by atoms with van der Waals surface area (Å²) >= 11 is 3.31. The molecule has 3 aromatic rings. The normalized spacial score (nSPS) is 10.7. The van der Waals surface area contributed by atoms with E-state index in [0.29, 0.717) is 16.8 Å². The van der Waals surface area contributed by atoms with Crippen molar-refractivity contribution in [3.8, 4) is 0 Å². The minimum absolute atomic E-state index is 0.0824. The molecule has 0 saturated heterocycles. The number of amides is 1. The molecule has 0 saturated carbocycles. The number of halogens is 2. The molecule has 8 nitrogen and oxygen atoms in total. The number of anilines is 1. The smallest absolute Gasteiger partial charge is 0.354 e. The van der Waals surface area contributed by atoms with Gasteiger partial charge >= 0.3 is 5.97 Å². The number of carbonyl (C=O) groups excluding carboxylic acids is 1. The largest absolute Gasteiger partial charge is 0.477 e. The average Bonchev–Trinajstić information content (AvgIpc) is 3.17. The SMILES string of the molecule is O=C(Cn1nccc1C(=O)O)Nc1nn(Cc2ccc(F)cc2)cc1Br. The Labute approximate surface area is 155 Å². The van der Waals surface area contributed by atoms with E-state index < -0.39 is 11.9 Å². The van der Waals surface area contributed by atoms with Gasteiger partial charge in [-0.2, -0.15) is 10.2 Å². The number of nitrogens with one attached hydrogen (secondary N) is 1. The molecule has 2 N–H and O–H groups in total. The van der Waals surface area contributed by atoms with Crippen molar-refractivity contribution in [2.75, 3.05) is 5.32 Å². The molecule has 26 heavy (non-hydrogen) atoms. The molecular weight excluding hydrogens is 409 g/mol. The van der Waals surface area contributed by atoms with E-state index in [4.69, 9.17) is 5.11 Å². The summed E-state index contributed by atoms with van der Waals surface area (Å²) in [6.45, 7) is 0.142. The second kappa shape index (κ2) is 7.48. The van der Waals surface area contributed by atoms with Gasteiger partial charge in [0, 0.05) is 12.4 Å². The zero-order valence-electron chi connectivity index (χ0n) is 13.3. The number of aromatic nitrogens is 4. The Kier molecular flexibility index (Phi) is 5.12. The summed E-state index contributed by atoms with van der Waals surface area (Å²) in [6.07, 6.45) is 2.99. The van der Waals surface area contributed by atoms with Crippen molar-refractivity contribution < 1.29 is 19.1 Å². The van der Waals surface area contributed by atoms with Crippen LogP contribution >= 0.6 is 15.9 Å². The van der Waals surface area contributed by atoms with Gasteiger partial charge in [-0.1, -0.05) is 12.1 Å². The van der Waals surface area contributed by atoms with Gasteiger partial charge < -0.3 is 10.4 Å². The average molecular weight is 422 g/mol. The first-order valence-electron chi connectivity index (χ1n) is 7.45. The molecule has 0 aliphatic rings. The Balaban J connectivity index is 1.67. The highest BCUT2D eigenvalue weighted by Gasteiger charge is 2.15. The number of benzene rings is 1. The molecule has 10 heteroatoms. The Morgan fingerprint density at radius 2 is 1.96 bits per heavy atom. The van der Waals surface area contributed by atoms with Gasteiger partial charge in [0.25, 0.3) is 0 Å². The maximum Gasteiger partial charge on any atom is 0.354 e. The third-order valence-electron chi connectivity index (χ3n) is 3.46. The van der Waals surface area contributed by atoms with Crippen LogP contribution in [0.15, 0.2) is 47.2 Å². The number of carbonyl (C=O) groups is 2. The van der Waals surface area contributed by atoms with Crippen molar-refractivity contribution >= 4 is 33.6 Å². The summed E-state index contributed by atoms with van der Waals surface area (Å²) in [6, 6.07) is 7.33. The number of aromatic carboxylic acids is 1. The van der Waals surface area contributed by atoms with E-state index in [0.717, 1.165) is 10.2 Å². The lowest BCUT2D eigenvalue weighted by Gasteiger charge is -2.05. The van der Waals surface area contributed by atoms with Crippen LogP contribution in [0.1, 0.15) is 16.1 Å². The lowest BCUT2D eigenvalue weighted by Crippen LogP contribution is -2.22. The summed E-state index contributed by atoms with van der Waals surface area (Å²) < 4.78 is 16.2. The van der Waals surface area contributed by atoms with Crippen LogP contribution in [-0.2, 0) is 17.9 Å². The topological polar surface area (TPSA) is 102 Å². The van der Waals surface area contributed by atoms with E-state index in [9.17, 15) is 14.0 Å². The highest BCUT2D eigenvalue weighted by molar-refractivity contribution is 9.10. The van der Waals surface area contributed by atoms with Gasteiger partial charge in [-0.15, -0.1) is 0 Å². The van der Waals surface area contributed by atoms with Crippen molar-refractivity contribution in [1.82, 2.24) is 19.6 Å². The highest BCUT2D eigenvalue weighted by atomic mass is 79.9. The zero-order chi connectivity index (χ0) is 18.7. The van der Waals surface area contributed by atoms with Crippen molar-refractivity contribution in [2.45, 2.75) is 13.1 Å². The van der Waals surface area contributed by atoms with Crippen LogP contribution in [0, 0.1) is 5.82 Å². The van der Waals surface area contributed by atoms with Gasteiger partial charge in [0.1, 0.15) is 18.1 Å². The minimum atomic E-state index is -1.17. The fourth-order valence-corrected chi connectivity index (χ4v) is 2.70. The maximum atomic E-state index is 12.9. The van der Waals surface area contributed by atoms with Crippen LogP contribution in [0.25, 0.3) is 0 Å². The van der Waals surface area contributed by atoms with E-state index in [1.165, 1.54) is 24.4 Å². The third kappa shape index (κ3) is 4.14. The Bertz CT molecular complexity index is 951. The Morgan fingerprint density at radius 3 is 2.65 bits per heavy atom. The maximum absolute atomic E-state index is 12.9. The summed E-state index contributed by atoms with van der Waals surface area (Å²) in [5.74, 6) is -1.66. The van der Waals surface area contributed by atoms with E-state index >= 15 is 0 Å². The number of carboxylic acid groups (broad SMARTS) is 1. The molecule has 0 aliphatic carbocycles. The van der Waals surface area contributed by atoms with E-state index in [-0.39, 0.29) is 18.1 Å². The fraction of sp³-hybridized carbons (Fsp3) is 0.125. The first-order chi connectivity index (χ1) is 12.4. The summed E-state index contributed by atoms with van der Waals surface area (Å²) in [5.41, 5.74) is 0.767. The van der Waals surface area contributed by atoms with Crippen LogP contribution in [0.2, 0.25) is 0 Å². The molecule has 0 atom stereocenters. The Morgan fingerprint density at radius 1 is 1.23 bits per heavy atom. The summed E-state index contributed by atoms with van der Waals surface area (Å²) in [7, 11) is 0. The fourth-order valence-electron chi connectivity index (χ4n) is 2.29. The molecule has 1 amide bonds. The van der Waals surface area contributed by atoms with Crippen molar-refractivity contribution in [1.29, 1.82) is 0 Å². The first kappa shape index (κ1) is 17.8. The lowest BCUT2D eigenvalue weighted by molar-refractivity contribution is -0.116. The lowest BCUT2D eigenvalue weighted by atomic mass is 10.2. The molecule has 3 rings (SSSR count). The van der Waals surface area contributed by atoms with Gasteiger partial charge in [0.15, 0.2) is 5.82 Å². The molecule has 134 valence electrons. The van der Waals surface area contributed by atoms with E-state index in [2.05, 4.69) is 31.4 Å². The molecule has 0 radical (unpaired) electrons. The van der Waals surface area contributed by atoms with Crippen molar-refractivity contribution in [3.05, 3.63) is 64.3 Å². The standard InChI is InChI=1S/C16H13BrFN5O3/c17-12-8-22(7-10-1-3-11(18)4-2-10)21-15(12)20-14(24)9-23-13(16(25)26)5-6-19-23/h1-6,8H,7,9H2,(H,25,26)(H,20,21,24). The van der Waals surface area contributed by atoms with Crippen LogP contribution in [0.5, 0.6) is 0 Å². The van der Waals surface area contributed by atoms with Gasteiger partial charge in [0.2, 0.25) is 5.91 Å². The molecule has 0 bridgehead atoms. The second-order valence-electron chi connectivity index (χ2n) is 5.38. The first-order valence-corrected chi connectivity index (χ1v) is 8.24. The predicted molar refractivity (Wildman–Crippen MR) is 93.2 cm³/mol. The van der Waals surface area contributed by atoms with Gasteiger partial charge in [-0.25, -0.2) is 13.9 Å². The minimum Gasteiger partial charge on any atom is -0.477 e. The number of hydrogen-bond donors (Lipinski definition) is 2. The Hall–Kier alpha value is -3.01. The predicted octanol–water partition coefficient (Wildman–Crippen LogP) is 2.37.